The third-order valence-corrected chi connectivity index (χ3v) is 4.25. The van der Waals surface area contributed by atoms with E-state index in [2.05, 4.69) is 5.32 Å². The Morgan fingerprint density at radius 2 is 1.70 bits per heavy atom. The van der Waals surface area contributed by atoms with Gasteiger partial charge in [-0.25, -0.2) is 0 Å². The molecule has 0 bridgehead atoms. The molecule has 0 aliphatic carbocycles. The summed E-state index contributed by atoms with van der Waals surface area (Å²) in [5, 5.41) is 24.9. The molecule has 0 radical (unpaired) electrons. The van der Waals surface area contributed by atoms with Crippen LogP contribution in [-0.4, -0.2) is 15.9 Å². The number of halogens is 1. The third-order valence-electron chi connectivity index (χ3n) is 4.02. The van der Waals surface area contributed by atoms with Crippen molar-refractivity contribution in [2.75, 3.05) is 5.32 Å². The molecule has 0 unspecified atom stereocenters. The van der Waals surface area contributed by atoms with Crippen molar-refractivity contribution in [3.63, 3.8) is 0 Å². The molecule has 0 aromatic heterocycles. The van der Waals surface area contributed by atoms with Crippen LogP contribution >= 0.6 is 11.6 Å². The smallest absolute Gasteiger partial charge is 0.282 e. The van der Waals surface area contributed by atoms with Crippen molar-refractivity contribution >= 4 is 28.9 Å². The van der Waals surface area contributed by atoms with E-state index in [4.69, 9.17) is 11.6 Å². The quantitative estimate of drug-likeness (QED) is 0.499. The molecule has 3 rings (SSSR count). The number of rotatable bonds is 5. The minimum absolute atomic E-state index is 0.0717. The van der Waals surface area contributed by atoms with E-state index >= 15 is 0 Å². The first kappa shape index (κ1) is 18.6. The molecule has 27 heavy (non-hydrogen) atoms. The first-order chi connectivity index (χ1) is 13.0. The number of carbonyl (C=O) groups excluding carboxylic acids is 1. The normalized spacial score (nSPS) is 11.6. The van der Waals surface area contributed by atoms with Gasteiger partial charge in [-0.1, -0.05) is 54.1 Å². The number of aliphatic hydroxyl groups is 1. The summed E-state index contributed by atoms with van der Waals surface area (Å²) in [6.07, 6.45) is -1.02. The highest BCUT2D eigenvalue weighted by Crippen LogP contribution is 2.31. The van der Waals surface area contributed by atoms with E-state index in [0.29, 0.717) is 21.8 Å². The molecule has 0 saturated carbocycles. The number of nitrogens with one attached hydrogen (secondary N) is 1. The van der Waals surface area contributed by atoms with Crippen LogP contribution in [0, 0.1) is 10.1 Å². The van der Waals surface area contributed by atoms with Gasteiger partial charge in [0.15, 0.2) is 0 Å². The lowest BCUT2D eigenvalue weighted by Gasteiger charge is -2.17. The largest absolute Gasteiger partial charge is 0.384 e. The fourth-order valence-electron chi connectivity index (χ4n) is 2.70. The van der Waals surface area contributed by atoms with Gasteiger partial charge in [0.2, 0.25) is 0 Å². The molecule has 0 aliphatic rings. The fraction of sp³-hybridized carbons (Fsp3) is 0.0500. The van der Waals surface area contributed by atoms with E-state index in [-0.39, 0.29) is 11.3 Å². The number of para-hydroxylation sites is 1. The molecular formula is C20H15ClN2O4. The number of hydrogen-bond donors (Lipinski definition) is 2. The molecule has 136 valence electrons. The molecule has 0 heterocycles. The Morgan fingerprint density at radius 1 is 1.04 bits per heavy atom. The molecule has 1 atom stereocenters. The summed E-state index contributed by atoms with van der Waals surface area (Å²) in [7, 11) is 0. The molecule has 3 aromatic carbocycles. The van der Waals surface area contributed by atoms with E-state index in [1.807, 2.05) is 6.07 Å². The van der Waals surface area contributed by atoms with Crippen molar-refractivity contribution in [3.05, 3.63) is 105 Å². The summed E-state index contributed by atoms with van der Waals surface area (Å²) in [5.41, 5.74) is 0.965. The summed E-state index contributed by atoms with van der Waals surface area (Å²) >= 11 is 6.06. The number of benzene rings is 3. The van der Waals surface area contributed by atoms with Gasteiger partial charge in [-0.3, -0.25) is 14.9 Å². The van der Waals surface area contributed by atoms with Gasteiger partial charge in [-0.2, -0.15) is 0 Å². The number of nitro groups is 1. The minimum atomic E-state index is -1.02. The maximum Gasteiger partial charge on any atom is 0.282 e. The van der Waals surface area contributed by atoms with Crippen LogP contribution in [0.1, 0.15) is 27.6 Å². The Kier molecular flexibility index (Phi) is 5.49. The lowest BCUT2D eigenvalue weighted by atomic mass is 9.99. The first-order valence-corrected chi connectivity index (χ1v) is 8.42. The molecule has 7 heteroatoms. The molecule has 0 spiro atoms. The van der Waals surface area contributed by atoms with Gasteiger partial charge in [0, 0.05) is 22.3 Å². The average molecular weight is 383 g/mol. The molecule has 0 fully saturated rings. The number of aliphatic hydroxyl groups excluding tert-OH is 1. The third kappa shape index (κ3) is 4.13. The fourth-order valence-corrected chi connectivity index (χ4v) is 2.88. The van der Waals surface area contributed by atoms with Crippen LogP contribution in [0.25, 0.3) is 0 Å². The molecule has 3 aromatic rings. The van der Waals surface area contributed by atoms with Gasteiger partial charge in [-0.15, -0.1) is 0 Å². The van der Waals surface area contributed by atoms with E-state index < -0.39 is 16.9 Å². The highest BCUT2D eigenvalue weighted by atomic mass is 35.5. The summed E-state index contributed by atoms with van der Waals surface area (Å²) in [4.78, 5) is 23.1. The van der Waals surface area contributed by atoms with Gasteiger partial charge in [0.05, 0.1) is 4.92 Å². The maximum atomic E-state index is 12.6. The Hall–Kier alpha value is -3.22. The van der Waals surface area contributed by atoms with Crippen LogP contribution < -0.4 is 5.32 Å². The predicted molar refractivity (Wildman–Crippen MR) is 103 cm³/mol. The summed E-state index contributed by atoms with van der Waals surface area (Å²) in [6.45, 7) is 0. The Labute approximate surface area is 160 Å². The number of anilines is 1. The second-order valence-corrected chi connectivity index (χ2v) is 6.21. The molecular weight excluding hydrogens is 368 g/mol. The summed E-state index contributed by atoms with van der Waals surface area (Å²) in [6, 6.07) is 19.2. The Balaban J connectivity index is 1.96. The van der Waals surface area contributed by atoms with Crippen molar-refractivity contribution in [2.24, 2.45) is 0 Å². The molecule has 0 aliphatic heterocycles. The second kappa shape index (κ2) is 7.99. The van der Waals surface area contributed by atoms with Gasteiger partial charge >= 0.3 is 0 Å². The lowest BCUT2D eigenvalue weighted by Crippen LogP contribution is -2.16. The van der Waals surface area contributed by atoms with Crippen LogP contribution in [0.15, 0.2) is 72.8 Å². The van der Waals surface area contributed by atoms with Gasteiger partial charge < -0.3 is 10.4 Å². The zero-order valence-corrected chi connectivity index (χ0v) is 14.8. The highest BCUT2D eigenvalue weighted by molar-refractivity contribution is 6.30. The van der Waals surface area contributed by atoms with Crippen LogP contribution in [0.4, 0.5) is 11.4 Å². The highest BCUT2D eigenvalue weighted by Gasteiger charge is 2.22. The van der Waals surface area contributed by atoms with Crippen LogP contribution in [0.3, 0.4) is 0 Å². The monoisotopic (exact) mass is 382 g/mol. The topological polar surface area (TPSA) is 92.5 Å². The van der Waals surface area contributed by atoms with Crippen molar-refractivity contribution in [1.82, 2.24) is 0 Å². The van der Waals surface area contributed by atoms with Gasteiger partial charge in [0.1, 0.15) is 11.7 Å². The van der Waals surface area contributed by atoms with Crippen LogP contribution in [-0.2, 0) is 0 Å². The summed E-state index contributed by atoms with van der Waals surface area (Å²) < 4.78 is 0. The standard InChI is InChI=1S/C20H15ClN2O4/c21-14-10-11-17(16(12-14)19(24)13-6-2-1-3-7-13)22-20(25)15-8-4-5-9-18(15)23(26)27/h1-12,19,24H,(H,22,25)/t19-/m1/s1. The van der Waals surface area contributed by atoms with Gasteiger partial charge in [0.25, 0.3) is 11.6 Å². The van der Waals surface area contributed by atoms with Crippen molar-refractivity contribution < 1.29 is 14.8 Å². The average Bonchev–Trinajstić information content (AvgIpc) is 2.69. The number of carbonyl (C=O) groups is 1. The maximum absolute atomic E-state index is 12.6. The van der Waals surface area contributed by atoms with E-state index in [1.54, 1.807) is 48.5 Å². The van der Waals surface area contributed by atoms with E-state index in [1.165, 1.54) is 18.2 Å². The lowest BCUT2D eigenvalue weighted by molar-refractivity contribution is -0.385. The van der Waals surface area contributed by atoms with E-state index in [0.717, 1.165) is 0 Å². The number of amides is 1. The molecule has 2 N–H and O–H groups in total. The Morgan fingerprint density at radius 3 is 2.41 bits per heavy atom. The van der Waals surface area contributed by atoms with E-state index in [9.17, 15) is 20.0 Å². The zero-order chi connectivity index (χ0) is 19.4. The van der Waals surface area contributed by atoms with Crippen molar-refractivity contribution in [3.8, 4) is 0 Å². The first-order valence-electron chi connectivity index (χ1n) is 8.04. The summed E-state index contributed by atoms with van der Waals surface area (Å²) in [5.74, 6) is -0.647. The SMILES string of the molecule is O=C(Nc1ccc(Cl)cc1[C@H](O)c1ccccc1)c1ccccc1[N+](=O)[O-]. The van der Waals surface area contributed by atoms with Crippen LogP contribution in [0.2, 0.25) is 5.02 Å². The van der Waals surface area contributed by atoms with Crippen molar-refractivity contribution in [1.29, 1.82) is 0 Å². The predicted octanol–water partition coefficient (Wildman–Crippen LogP) is 4.58. The zero-order valence-electron chi connectivity index (χ0n) is 14.0. The molecule has 6 nitrogen and oxygen atoms in total. The molecule has 0 saturated heterocycles. The number of nitrogens with zero attached hydrogens (tertiary/aromatic N) is 1. The number of nitro benzene ring substituents is 1. The van der Waals surface area contributed by atoms with Crippen molar-refractivity contribution in [2.45, 2.75) is 6.10 Å². The minimum Gasteiger partial charge on any atom is -0.384 e. The Bertz CT molecular complexity index is 992. The number of hydrogen-bond acceptors (Lipinski definition) is 4. The molecule has 1 amide bonds. The van der Waals surface area contributed by atoms with Gasteiger partial charge in [-0.05, 0) is 29.8 Å². The second-order valence-electron chi connectivity index (χ2n) is 5.77. The van der Waals surface area contributed by atoms with Crippen LogP contribution in [0.5, 0.6) is 0 Å².